The van der Waals surface area contributed by atoms with E-state index in [0.717, 1.165) is 0 Å². The number of rotatable bonds is 0. The summed E-state index contributed by atoms with van der Waals surface area (Å²) in [6, 6.07) is 0. The normalized spacial score (nSPS) is 18.8. The summed E-state index contributed by atoms with van der Waals surface area (Å²) >= 11 is 0. The highest BCUT2D eigenvalue weighted by molar-refractivity contribution is 8.76. The van der Waals surface area contributed by atoms with Gasteiger partial charge in [0.15, 0.2) is 0 Å². The molecule has 8 heavy (non-hydrogen) atoms. The van der Waals surface area contributed by atoms with Gasteiger partial charge < -0.3 is 0 Å². The standard InChI is InChI=1S/C4H8S2.C2H6/c1-2-4-6-5-3-1;1-2/h1-4H2;1-2H3. The molecular formula is C6H14S2. The topological polar surface area (TPSA) is 0 Å². The van der Waals surface area contributed by atoms with Crippen LogP contribution in [0.1, 0.15) is 26.7 Å². The molecule has 0 nitrogen and oxygen atoms in total. The molecule has 0 aromatic carbocycles. The van der Waals surface area contributed by atoms with E-state index in [4.69, 9.17) is 0 Å². The minimum atomic E-state index is 1.38. The van der Waals surface area contributed by atoms with E-state index < -0.39 is 0 Å². The van der Waals surface area contributed by atoms with E-state index in [-0.39, 0.29) is 0 Å². The first-order valence-corrected chi connectivity index (χ1v) is 5.73. The van der Waals surface area contributed by atoms with Gasteiger partial charge in [0.1, 0.15) is 0 Å². The van der Waals surface area contributed by atoms with Gasteiger partial charge in [0.2, 0.25) is 0 Å². The van der Waals surface area contributed by atoms with Crippen molar-refractivity contribution in [2.45, 2.75) is 26.7 Å². The van der Waals surface area contributed by atoms with Gasteiger partial charge in [-0.3, -0.25) is 0 Å². The summed E-state index contributed by atoms with van der Waals surface area (Å²) in [5.74, 6) is 2.76. The number of hydrogen-bond donors (Lipinski definition) is 0. The molecule has 1 aliphatic heterocycles. The largest absolute Gasteiger partial charge is 0.0942 e. The first-order valence-electron chi connectivity index (χ1n) is 3.24. The van der Waals surface area contributed by atoms with E-state index in [9.17, 15) is 0 Å². The molecular weight excluding hydrogens is 136 g/mol. The van der Waals surface area contributed by atoms with Crippen molar-refractivity contribution in [3.8, 4) is 0 Å². The minimum Gasteiger partial charge on any atom is -0.0942 e. The lowest BCUT2D eigenvalue weighted by Gasteiger charge is -2.04. The highest BCUT2D eigenvalue weighted by Gasteiger charge is 1.96. The Morgan fingerprint density at radius 3 is 1.38 bits per heavy atom. The molecule has 0 aliphatic carbocycles. The lowest BCUT2D eigenvalue weighted by molar-refractivity contribution is 0.906. The zero-order valence-corrected chi connectivity index (χ0v) is 7.28. The molecule has 1 rings (SSSR count). The quantitative estimate of drug-likeness (QED) is 0.486. The van der Waals surface area contributed by atoms with E-state index in [1.165, 1.54) is 24.3 Å². The maximum atomic E-state index is 2.01. The summed E-state index contributed by atoms with van der Waals surface area (Å²) in [6.07, 6.45) is 2.88. The van der Waals surface area contributed by atoms with Crippen LogP contribution >= 0.6 is 21.6 Å². The molecule has 50 valence electrons. The lowest BCUT2D eigenvalue weighted by Crippen LogP contribution is -1.86. The van der Waals surface area contributed by atoms with Crippen molar-refractivity contribution in [2.24, 2.45) is 0 Å². The van der Waals surface area contributed by atoms with Crippen LogP contribution in [0.15, 0.2) is 0 Å². The zero-order valence-electron chi connectivity index (χ0n) is 5.64. The second kappa shape index (κ2) is 7.70. The minimum absolute atomic E-state index is 1.38. The molecule has 0 saturated carbocycles. The third kappa shape index (κ3) is 4.85. The van der Waals surface area contributed by atoms with Crippen LogP contribution in [0.3, 0.4) is 0 Å². The van der Waals surface area contributed by atoms with Gasteiger partial charge >= 0.3 is 0 Å². The third-order valence-corrected chi connectivity index (χ3v) is 3.37. The Balaban J connectivity index is 0.000000222. The van der Waals surface area contributed by atoms with Gasteiger partial charge in [-0.05, 0) is 12.8 Å². The molecule has 0 N–H and O–H groups in total. The predicted octanol–water partition coefficient (Wildman–Crippen LogP) is 3.19. The van der Waals surface area contributed by atoms with Crippen LogP contribution in [-0.2, 0) is 0 Å². The van der Waals surface area contributed by atoms with Crippen LogP contribution in [0.2, 0.25) is 0 Å². The van der Waals surface area contributed by atoms with Crippen LogP contribution < -0.4 is 0 Å². The fraction of sp³-hybridized carbons (Fsp3) is 1.00. The van der Waals surface area contributed by atoms with Crippen molar-refractivity contribution in [1.29, 1.82) is 0 Å². The van der Waals surface area contributed by atoms with Gasteiger partial charge in [0.05, 0.1) is 0 Å². The van der Waals surface area contributed by atoms with Crippen molar-refractivity contribution in [3.05, 3.63) is 0 Å². The average Bonchev–Trinajstić information content (AvgIpc) is 1.96. The second-order valence-corrected chi connectivity index (χ2v) is 4.05. The fourth-order valence-electron chi connectivity index (χ4n) is 0.440. The second-order valence-electron chi connectivity index (χ2n) is 1.35. The SMILES string of the molecule is C1CCSSC1.CC. The Bertz CT molecular complexity index is 22.0. The van der Waals surface area contributed by atoms with Crippen molar-refractivity contribution < 1.29 is 0 Å². The van der Waals surface area contributed by atoms with Crippen LogP contribution in [0.4, 0.5) is 0 Å². The molecule has 0 aromatic rings. The van der Waals surface area contributed by atoms with Crippen LogP contribution in [0.25, 0.3) is 0 Å². The Kier molecular flexibility index (Phi) is 8.37. The average molecular weight is 150 g/mol. The van der Waals surface area contributed by atoms with Gasteiger partial charge in [0, 0.05) is 11.5 Å². The molecule has 0 amide bonds. The molecule has 1 aliphatic rings. The zero-order chi connectivity index (χ0) is 6.24. The van der Waals surface area contributed by atoms with E-state index >= 15 is 0 Å². The Morgan fingerprint density at radius 2 is 1.25 bits per heavy atom. The molecule has 0 aromatic heterocycles. The molecule has 0 spiro atoms. The van der Waals surface area contributed by atoms with E-state index in [1.54, 1.807) is 0 Å². The summed E-state index contributed by atoms with van der Waals surface area (Å²) in [5, 5.41) is 0. The Morgan fingerprint density at radius 1 is 0.875 bits per heavy atom. The highest BCUT2D eigenvalue weighted by atomic mass is 33.1. The molecule has 1 saturated heterocycles. The molecule has 0 unspecified atom stereocenters. The Hall–Kier alpha value is 0.700. The smallest absolute Gasteiger partial charge is 0.00372 e. The lowest BCUT2D eigenvalue weighted by atomic mass is 10.4. The fourth-order valence-corrected chi connectivity index (χ4v) is 2.73. The maximum Gasteiger partial charge on any atom is 0.00372 e. The van der Waals surface area contributed by atoms with Crippen LogP contribution in [0, 0.1) is 0 Å². The molecule has 1 heterocycles. The summed E-state index contributed by atoms with van der Waals surface area (Å²) in [6.45, 7) is 4.00. The third-order valence-electron chi connectivity index (χ3n) is 0.789. The van der Waals surface area contributed by atoms with Gasteiger partial charge in [-0.1, -0.05) is 35.4 Å². The van der Waals surface area contributed by atoms with Crippen molar-refractivity contribution in [3.63, 3.8) is 0 Å². The number of hydrogen-bond acceptors (Lipinski definition) is 2. The molecule has 1 fully saturated rings. The highest BCUT2D eigenvalue weighted by Crippen LogP contribution is 2.28. The van der Waals surface area contributed by atoms with Gasteiger partial charge in [-0.15, -0.1) is 0 Å². The van der Waals surface area contributed by atoms with Gasteiger partial charge in [-0.25, -0.2) is 0 Å². The monoisotopic (exact) mass is 150 g/mol. The van der Waals surface area contributed by atoms with Crippen molar-refractivity contribution in [1.82, 2.24) is 0 Å². The Labute approximate surface area is 60.2 Å². The van der Waals surface area contributed by atoms with E-state index in [2.05, 4.69) is 0 Å². The molecule has 2 heteroatoms. The first-order chi connectivity index (χ1) is 4.00. The summed E-state index contributed by atoms with van der Waals surface area (Å²) in [4.78, 5) is 0. The van der Waals surface area contributed by atoms with E-state index in [1.807, 2.05) is 35.4 Å². The van der Waals surface area contributed by atoms with E-state index in [0.29, 0.717) is 0 Å². The van der Waals surface area contributed by atoms with Gasteiger partial charge in [0.25, 0.3) is 0 Å². The predicted molar refractivity (Wildman–Crippen MR) is 45.5 cm³/mol. The van der Waals surface area contributed by atoms with Crippen molar-refractivity contribution >= 4 is 21.6 Å². The maximum absolute atomic E-state index is 2.01. The summed E-state index contributed by atoms with van der Waals surface area (Å²) in [5.41, 5.74) is 0. The molecule has 0 bridgehead atoms. The molecule has 0 radical (unpaired) electrons. The molecule has 0 atom stereocenters. The van der Waals surface area contributed by atoms with Gasteiger partial charge in [-0.2, -0.15) is 0 Å². The van der Waals surface area contributed by atoms with Crippen LogP contribution in [-0.4, -0.2) is 11.5 Å². The first kappa shape index (κ1) is 8.70. The van der Waals surface area contributed by atoms with Crippen LogP contribution in [0.5, 0.6) is 0 Å². The summed E-state index contributed by atoms with van der Waals surface area (Å²) < 4.78 is 0. The van der Waals surface area contributed by atoms with Crippen molar-refractivity contribution in [2.75, 3.05) is 11.5 Å². The summed E-state index contributed by atoms with van der Waals surface area (Å²) in [7, 11) is 4.02.